The Morgan fingerprint density at radius 3 is 2.56 bits per heavy atom. The van der Waals surface area contributed by atoms with Crippen molar-refractivity contribution in [2.45, 2.75) is 0 Å². The number of aromatic nitrogens is 1. The van der Waals surface area contributed by atoms with Crippen molar-refractivity contribution in [3.63, 3.8) is 0 Å². The van der Waals surface area contributed by atoms with Gasteiger partial charge < -0.3 is 5.21 Å². The van der Waals surface area contributed by atoms with E-state index in [0.29, 0.717) is 10.3 Å². The maximum absolute atomic E-state index is 12.7. The molecule has 0 aliphatic rings. The first-order chi connectivity index (χ1) is 8.66. The minimum absolute atomic E-state index is 0.0517. The Bertz CT molecular complexity index is 591. The Labute approximate surface area is 103 Å². The number of allylic oxidation sites excluding steroid dienone is 1. The number of hydrogen-bond acceptors (Lipinski definition) is 2. The molecule has 0 amide bonds. The number of nitrogens with zero attached hydrogens (tertiary/aromatic N) is 1. The molecule has 0 spiro atoms. The molecule has 0 unspecified atom stereocenters. The molecule has 0 aliphatic carbocycles. The second kappa shape index (κ2) is 5.23. The fraction of sp³-hybridized carbons (Fsp3) is 0. The van der Waals surface area contributed by atoms with Crippen molar-refractivity contribution in [2.75, 3.05) is 0 Å². The van der Waals surface area contributed by atoms with E-state index in [1.54, 1.807) is 24.3 Å². The summed E-state index contributed by atoms with van der Waals surface area (Å²) in [5.74, 6) is -0.728. The lowest BCUT2D eigenvalue weighted by molar-refractivity contribution is -0.607. The number of carbonyl (C=O) groups is 1. The van der Waals surface area contributed by atoms with Crippen molar-refractivity contribution in [1.29, 1.82) is 0 Å². The minimum atomic E-state index is -0.394. The molecule has 2 aromatic rings. The summed E-state index contributed by atoms with van der Waals surface area (Å²) in [5, 5.41) is 11.3. The molecule has 3 nitrogen and oxygen atoms in total. The van der Waals surface area contributed by atoms with Gasteiger partial charge in [0.25, 0.3) is 11.5 Å². The number of pyridine rings is 1. The molecule has 90 valence electrons. The molecule has 4 heteroatoms. The van der Waals surface area contributed by atoms with E-state index in [0.717, 1.165) is 0 Å². The summed E-state index contributed by atoms with van der Waals surface area (Å²) in [6.07, 6.45) is 4.09. The van der Waals surface area contributed by atoms with Gasteiger partial charge in [-0.1, -0.05) is 18.2 Å². The molecule has 0 saturated carbocycles. The summed E-state index contributed by atoms with van der Waals surface area (Å²) in [5.41, 5.74) is 0.744. The van der Waals surface area contributed by atoms with E-state index < -0.39 is 5.78 Å². The molecule has 18 heavy (non-hydrogen) atoms. The third-order valence-corrected chi connectivity index (χ3v) is 2.37. The number of halogens is 1. The van der Waals surface area contributed by atoms with Crippen LogP contribution in [-0.4, -0.2) is 5.78 Å². The third kappa shape index (κ3) is 2.79. The standard InChI is InChI=1S/C14H10FNO2/c15-12-7-4-11(5-8-12)6-9-14(17)13-3-1-2-10-16(13)18/h1-10H/b9-6+. The van der Waals surface area contributed by atoms with Crippen LogP contribution in [0.2, 0.25) is 0 Å². The first kappa shape index (κ1) is 12.0. The Morgan fingerprint density at radius 2 is 1.89 bits per heavy atom. The van der Waals surface area contributed by atoms with Crippen molar-refractivity contribution in [3.05, 3.63) is 77.0 Å². The highest BCUT2D eigenvalue weighted by Crippen LogP contribution is 2.05. The van der Waals surface area contributed by atoms with Crippen molar-refractivity contribution >= 4 is 11.9 Å². The molecular weight excluding hydrogens is 233 g/mol. The SMILES string of the molecule is O=C(/C=C/c1ccc(F)cc1)c1cccc[n+]1[O-]. The van der Waals surface area contributed by atoms with Gasteiger partial charge in [0.1, 0.15) is 5.82 Å². The summed E-state index contributed by atoms with van der Waals surface area (Å²) in [6.45, 7) is 0. The van der Waals surface area contributed by atoms with E-state index in [-0.39, 0.29) is 11.5 Å². The van der Waals surface area contributed by atoms with Crippen LogP contribution in [0.5, 0.6) is 0 Å². The molecule has 1 heterocycles. The van der Waals surface area contributed by atoms with Crippen molar-refractivity contribution in [3.8, 4) is 0 Å². The molecule has 0 fully saturated rings. The molecule has 1 aromatic carbocycles. The van der Waals surface area contributed by atoms with Gasteiger partial charge in [-0.2, -0.15) is 4.73 Å². The molecule has 0 saturated heterocycles. The smallest absolute Gasteiger partial charge is 0.264 e. The Morgan fingerprint density at radius 1 is 1.17 bits per heavy atom. The highest BCUT2D eigenvalue weighted by molar-refractivity contribution is 6.04. The Kier molecular flexibility index (Phi) is 3.48. The number of ketones is 1. The maximum atomic E-state index is 12.7. The first-order valence-electron chi connectivity index (χ1n) is 5.33. The van der Waals surface area contributed by atoms with E-state index in [9.17, 15) is 14.4 Å². The quantitative estimate of drug-likeness (QED) is 0.359. The van der Waals surface area contributed by atoms with E-state index in [4.69, 9.17) is 0 Å². The van der Waals surface area contributed by atoms with Gasteiger partial charge in [-0.05, 0) is 29.8 Å². The van der Waals surface area contributed by atoms with Gasteiger partial charge in [0.15, 0.2) is 6.20 Å². The third-order valence-electron chi connectivity index (χ3n) is 2.37. The lowest BCUT2D eigenvalue weighted by atomic mass is 10.1. The molecule has 0 N–H and O–H groups in total. The van der Waals surface area contributed by atoms with Crippen molar-refractivity contribution < 1.29 is 13.9 Å². The van der Waals surface area contributed by atoms with Gasteiger partial charge in [-0.3, -0.25) is 4.79 Å². The molecule has 0 bridgehead atoms. The summed E-state index contributed by atoms with van der Waals surface area (Å²) >= 11 is 0. The summed E-state index contributed by atoms with van der Waals surface area (Å²) in [4.78, 5) is 11.7. The van der Waals surface area contributed by atoms with Crippen LogP contribution in [0.1, 0.15) is 16.1 Å². The van der Waals surface area contributed by atoms with Gasteiger partial charge in [0.2, 0.25) is 0 Å². The van der Waals surface area contributed by atoms with Gasteiger partial charge in [-0.15, -0.1) is 0 Å². The fourth-order valence-corrected chi connectivity index (χ4v) is 1.45. The zero-order valence-corrected chi connectivity index (χ0v) is 9.42. The molecule has 0 radical (unpaired) electrons. The normalized spacial score (nSPS) is 10.7. The maximum Gasteiger partial charge on any atom is 0.264 e. The van der Waals surface area contributed by atoms with Crippen molar-refractivity contribution in [1.82, 2.24) is 0 Å². The summed E-state index contributed by atoms with van der Waals surface area (Å²) in [6, 6.07) is 10.3. The van der Waals surface area contributed by atoms with E-state index in [1.165, 1.54) is 36.5 Å². The fourth-order valence-electron chi connectivity index (χ4n) is 1.45. The average molecular weight is 243 g/mol. The van der Waals surface area contributed by atoms with Crippen LogP contribution in [0.3, 0.4) is 0 Å². The largest absolute Gasteiger partial charge is 0.618 e. The second-order valence-corrected chi connectivity index (χ2v) is 3.66. The molecule has 0 aliphatic heterocycles. The topological polar surface area (TPSA) is 44.0 Å². The van der Waals surface area contributed by atoms with Gasteiger partial charge >= 0.3 is 0 Å². The first-order valence-corrected chi connectivity index (χ1v) is 5.33. The molecular formula is C14H10FNO2. The monoisotopic (exact) mass is 243 g/mol. The second-order valence-electron chi connectivity index (χ2n) is 3.66. The van der Waals surface area contributed by atoms with Crippen LogP contribution in [0.4, 0.5) is 4.39 Å². The van der Waals surface area contributed by atoms with E-state index >= 15 is 0 Å². The van der Waals surface area contributed by atoms with Crippen LogP contribution >= 0.6 is 0 Å². The lowest BCUT2D eigenvalue weighted by Crippen LogP contribution is -2.33. The van der Waals surface area contributed by atoms with Crippen LogP contribution in [0, 0.1) is 11.0 Å². The highest BCUT2D eigenvalue weighted by Gasteiger charge is 2.10. The van der Waals surface area contributed by atoms with Crippen molar-refractivity contribution in [2.24, 2.45) is 0 Å². The zero-order chi connectivity index (χ0) is 13.0. The molecule has 1 aromatic heterocycles. The van der Waals surface area contributed by atoms with Crippen LogP contribution in [0.15, 0.2) is 54.7 Å². The van der Waals surface area contributed by atoms with Crippen LogP contribution < -0.4 is 4.73 Å². The van der Waals surface area contributed by atoms with Crippen LogP contribution in [-0.2, 0) is 0 Å². The summed E-state index contributed by atoms with van der Waals surface area (Å²) in [7, 11) is 0. The van der Waals surface area contributed by atoms with E-state index in [1.807, 2.05) is 0 Å². The van der Waals surface area contributed by atoms with Gasteiger partial charge in [-0.25, -0.2) is 4.39 Å². The predicted octanol–water partition coefficient (Wildman–Crippen LogP) is 2.36. The van der Waals surface area contributed by atoms with Gasteiger partial charge in [0.05, 0.1) is 0 Å². The Hall–Kier alpha value is -2.49. The number of rotatable bonds is 3. The Balaban J connectivity index is 2.17. The minimum Gasteiger partial charge on any atom is -0.618 e. The van der Waals surface area contributed by atoms with Gasteiger partial charge in [0, 0.05) is 12.1 Å². The average Bonchev–Trinajstić information content (AvgIpc) is 2.38. The molecule has 2 rings (SSSR count). The van der Waals surface area contributed by atoms with Crippen LogP contribution in [0.25, 0.3) is 6.08 Å². The number of carbonyl (C=O) groups excluding carboxylic acids is 1. The highest BCUT2D eigenvalue weighted by atomic mass is 19.1. The zero-order valence-electron chi connectivity index (χ0n) is 9.42. The number of hydrogen-bond donors (Lipinski definition) is 0. The van der Waals surface area contributed by atoms with E-state index in [2.05, 4.69) is 0 Å². The number of benzene rings is 1. The molecule has 0 atom stereocenters. The lowest BCUT2D eigenvalue weighted by Gasteiger charge is -1.99. The summed E-state index contributed by atoms with van der Waals surface area (Å²) < 4.78 is 13.2. The predicted molar refractivity (Wildman–Crippen MR) is 65.2 cm³/mol.